The lowest BCUT2D eigenvalue weighted by Crippen LogP contribution is -2.08. The van der Waals surface area contributed by atoms with E-state index in [1.165, 1.54) is 0 Å². The van der Waals surface area contributed by atoms with Gasteiger partial charge in [-0.1, -0.05) is 61.5 Å². The molecule has 2 heterocycles. The molecule has 134 valence electrons. The largest absolute Gasteiger partial charge is 0.328 e. The molecule has 4 heteroatoms. The molecular formula is C23H21N3O. The minimum Gasteiger partial charge on any atom is -0.328 e. The van der Waals surface area contributed by atoms with E-state index in [9.17, 15) is 4.79 Å². The molecule has 2 aromatic carbocycles. The maximum Gasteiger partial charge on any atom is 0.257 e. The minimum atomic E-state index is -0.131. The molecule has 1 atom stereocenters. The minimum absolute atomic E-state index is 0.0377. The lowest BCUT2D eigenvalue weighted by molar-refractivity contribution is 0.699. The topological polar surface area (TPSA) is 71.8 Å². The maximum absolute atomic E-state index is 12.3. The van der Waals surface area contributed by atoms with E-state index in [-0.39, 0.29) is 11.6 Å². The van der Waals surface area contributed by atoms with Crippen molar-refractivity contribution in [1.82, 2.24) is 9.97 Å². The SMILES string of the molecule is CCC(N)c1ccc(-c2nc3cc[nH]c(=O)c3cc2-c2ccccc2)cc1. The van der Waals surface area contributed by atoms with Gasteiger partial charge >= 0.3 is 0 Å². The molecule has 0 amide bonds. The Bertz CT molecular complexity index is 1130. The Kier molecular flexibility index (Phi) is 4.57. The Labute approximate surface area is 157 Å². The van der Waals surface area contributed by atoms with Crippen molar-refractivity contribution in [3.63, 3.8) is 0 Å². The van der Waals surface area contributed by atoms with Crippen LogP contribution in [0, 0.1) is 0 Å². The lowest BCUT2D eigenvalue weighted by atomic mass is 9.96. The number of aromatic amines is 1. The fourth-order valence-corrected chi connectivity index (χ4v) is 3.29. The van der Waals surface area contributed by atoms with Crippen molar-refractivity contribution in [3.8, 4) is 22.4 Å². The number of benzene rings is 2. The third kappa shape index (κ3) is 3.27. The number of rotatable bonds is 4. The van der Waals surface area contributed by atoms with E-state index < -0.39 is 0 Å². The smallest absolute Gasteiger partial charge is 0.257 e. The molecule has 0 aliphatic rings. The van der Waals surface area contributed by atoms with E-state index in [2.05, 4.69) is 36.2 Å². The van der Waals surface area contributed by atoms with Crippen LogP contribution in [-0.4, -0.2) is 9.97 Å². The van der Waals surface area contributed by atoms with Crippen molar-refractivity contribution >= 4 is 10.9 Å². The summed E-state index contributed by atoms with van der Waals surface area (Å²) in [7, 11) is 0. The molecule has 1 unspecified atom stereocenters. The predicted octanol–water partition coefficient (Wildman–Crippen LogP) is 4.67. The van der Waals surface area contributed by atoms with E-state index in [1.807, 2.05) is 42.5 Å². The van der Waals surface area contributed by atoms with E-state index >= 15 is 0 Å². The number of nitrogens with two attached hydrogens (primary N) is 1. The highest BCUT2D eigenvalue weighted by Crippen LogP contribution is 2.33. The average molecular weight is 355 g/mol. The average Bonchev–Trinajstić information content (AvgIpc) is 2.73. The highest BCUT2D eigenvalue weighted by molar-refractivity contribution is 5.91. The van der Waals surface area contributed by atoms with Crippen LogP contribution in [0.15, 0.2) is 77.7 Å². The molecule has 0 aliphatic heterocycles. The molecule has 0 radical (unpaired) electrons. The quantitative estimate of drug-likeness (QED) is 0.559. The van der Waals surface area contributed by atoms with Gasteiger partial charge in [-0.05, 0) is 29.7 Å². The molecule has 27 heavy (non-hydrogen) atoms. The van der Waals surface area contributed by atoms with Crippen LogP contribution in [0.3, 0.4) is 0 Å². The number of H-pyrrole nitrogens is 1. The van der Waals surface area contributed by atoms with Gasteiger partial charge in [0.15, 0.2) is 0 Å². The summed E-state index contributed by atoms with van der Waals surface area (Å²) < 4.78 is 0. The van der Waals surface area contributed by atoms with Crippen LogP contribution in [0.4, 0.5) is 0 Å². The molecule has 0 saturated carbocycles. The first-order chi connectivity index (χ1) is 13.2. The van der Waals surface area contributed by atoms with E-state index in [0.717, 1.165) is 34.4 Å². The van der Waals surface area contributed by atoms with Gasteiger partial charge in [-0.2, -0.15) is 0 Å². The molecule has 2 aromatic heterocycles. The van der Waals surface area contributed by atoms with Gasteiger partial charge in [0, 0.05) is 23.4 Å². The van der Waals surface area contributed by atoms with E-state index in [1.54, 1.807) is 6.20 Å². The van der Waals surface area contributed by atoms with Crippen molar-refractivity contribution in [2.24, 2.45) is 5.73 Å². The normalized spacial score (nSPS) is 12.2. The molecule has 3 N–H and O–H groups in total. The van der Waals surface area contributed by atoms with Crippen molar-refractivity contribution in [2.45, 2.75) is 19.4 Å². The Balaban J connectivity index is 1.94. The van der Waals surface area contributed by atoms with Crippen LogP contribution >= 0.6 is 0 Å². The first kappa shape index (κ1) is 17.2. The fourth-order valence-electron chi connectivity index (χ4n) is 3.29. The highest BCUT2D eigenvalue weighted by Gasteiger charge is 2.13. The van der Waals surface area contributed by atoms with Crippen LogP contribution in [-0.2, 0) is 0 Å². The van der Waals surface area contributed by atoms with E-state index in [0.29, 0.717) is 10.9 Å². The van der Waals surface area contributed by atoms with Crippen LogP contribution in [0.2, 0.25) is 0 Å². The summed E-state index contributed by atoms with van der Waals surface area (Å²) in [5.74, 6) is 0. The molecule has 0 aliphatic carbocycles. The Hall–Kier alpha value is -3.24. The Morgan fingerprint density at radius 2 is 1.74 bits per heavy atom. The number of nitrogens with zero attached hydrogens (tertiary/aromatic N) is 1. The Morgan fingerprint density at radius 1 is 1.00 bits per heavy atom. The number of nitrogens with one attached hydrogen (secondary N) is 1. The van der Waals surface area contributed by atoms with Crippen molar-refractivity contribution in [2.75, 3.05) is 0 Å². The summed E-state index contributed by atoms with van der Waals surface area (Å²) in [5, 5.41) is 0.588. The number of fused-ring (bicyclic) bond motifs is 1. The molecule has 4 aromatic rings. The summed E-state index contributed by atoms with van der Waals surface area (Å²) >= 11 is 0. The van der Waals surface area contributed by atoms with Gasteiger partial charge in [0.05, 0.1) is 16.6 Å². The second kappa shape index (κ2) is 7.17. The predicted molar refractivity (Wildman–Crippen MR) is 110 cm³/mol. The fraction of sp³-hybridized carbons (Fsp3) is 0.130. The van der Waals surface area contributed by atoms with Crippen LogP contribution in [0.25, 0.3) is 33.3 Å². The zero-order chi connectivity index (χ0) is 18.8. The van der Waals surface area contributed by atoms with Gasteiger partial charge in [-0.15, -0.1) is 0 Å². The van der Waals surface area contributed by atoms with Gasteiger partial charge in [-0.3, -0.25) is 4.79 Å². The second-order valence-electron chi connectivity index (χ2n) is 6.63. The van der Waals surface area contributed by atoms with Gasteiger partial charge in [-0.25, -0.2) is 4.98 Å². The standard InChI is InChI=1S/C23H21N3O/c1-2-20(24)16-8-10-17(11-9-16)22-18(15-6-4-3-5-7-15)14-19-21(26-22)12-13-25-23(19)27/h3-14,20H,2,24H2,1H3,(H,25,27). The summed E-state index contributed by atoms with van der Waals surface area (Å²) in [4.78, 5) is 19.8. The van der Waals surface area contributed by atoms with Crippen LogP contribution in [0.5, 0.6) is 0 Å². The molecule has 0 spiro atoms. The van der Waals surface area contributed by atoms with Gasteiger partial charge in [0.2, 0.25) is 0 Å². The van der Waals surface area contributed by atoms with Crippen molar-refractivity contribution in [1.29, 1.82) is 0 Å². The van der Waals surface area contributed by atoms with Gasteiger partial charge < -0.3 is 10.7 Å². The third-order valence-corrected chi connectivity index (χ3v) is 4.89. The van der Waals surface area contributed by atoms with Gasteiger partial charge in [0.25, 0.3) is 5.56 Å². The maximum atomic E-state index is 12.3. The first-order valence-electron chi connectivity index (χ1n) is 9.11. The van der Waals surface area contributed by atoms with Crippen LogP contribution < -0.4 is 11.3 Å². The number of hydrogen-bond donors (Lipinski definition) is 2. The molecule has 0 fully saturated rings. The van der Waals surface area contributed by atoms with Gasteiger partial charge in [0.1, 0.15) is 0 Å². The number of aromatic nitrogens is 2. The molecule has 4 rings (SSSR count). The summed E-state index contributed by atoms with van der Waals surface area (Å²) in [6.07, 6.45) is 2.53. The lowest BCUT2D eigenvalue weighted by Gasteiger charge is -2.13. The van der Waals surface area contributed by atoms with Crippen molar-refractivity contribution < 1.29 is 0 Å². The van der Waals surface area contributed by atoms with E-state index in [4.69, 9.17) is 10.7 Å². The molecule has 0 saturated heterocycles. The Morgan fingerprint density at radius 3 is 2.44 bits per heavy atom. The number of pyridine rings is 2. The summed E-state index contributed by atoms with van der Waals surface area (Å²) in [6.45, 7) is 2.08. The molecule has 4 nitrogen and oxygen atoms in total. The molecular weight excluding hydrogens is 334 g/mol. The number of hydrogen-bond acceptors (Lipinski definition) is 3. The highest BCUT2D eigenvalue weighted by atomic mass is 16.1. The summed E-state index contributed by atoms with van der Waals surface area (Å²) in [5.41, 5.74) is 11.6. The first-order valence-corrected chi connectivity index (χ1v) is 9.11. The summed E-state index contributed by atoms with van der Waals surface area (Å²) in [6, 6.07) is 22.0. The molecule has 0 bridgehead atoms. The van der Waals surface area contributed by atoms with Crippen LogP contribution in [0.1, 0.15) is 24.9 Å². The second-order valence-corrected chi connectivity index (χ2v) is 6.63. The third-order valence-electron chi connectivity index (χ3n) is 4.89. The zero-order valence-electron chi connectivity index (χ0n) is 15.1. The van der Waals surface area contributed by atoms with Crippen molar-refractivity contribution in [3.05, 3.63) is 88.8 Å². The zero-order valence-corrected chi connectivity index (χ0v) is 15.1. The monoisotopic (exact) mass is 355 g/mol.